The van der Waals surface area contributed by atoms with Crippen molar-refractivity contribution in [1.29, 1.82) is 0 Å². The molecule has 6 heteroatoms. The molecule has 1 unspecified atom stereocenters. The van der Waals surface area contributed by atoms with E-state index < -0.39 is 0 Å². The van der Waals surface area contributed by atoms with E-state index in [4.69, 9.17) is 9.47 Å². The van der Waals surface area contributed by atoms with E-state index in [0.717, 1.165) is 25.2 Å². The largest absolute Gasteiger partial charge is 0.480 e. The molecule has 0 spiro atoms. The van der Waals surface area contributed by atoms with Gasteiger partial charge in [-0.25, -0.2) is 0 Å². The molecule has 0 bridgehead atoms. The highest BCUT2D eigenvalue weighted by Crippen LogP contribution is 2.23. The minimum Gasteiger partial charge on any atom is -0.480 e. The molecule has 6 nitrogen and oxygen atoms in total. The highest BCUT2D eigenvalue weighted by Gasteiger charge is 2.27. The Bertz CT molecular complexity index is 439. The minimum atomic E-state index is -0.122. The minimum absolute atomic E-state index is 0.0818. The highest BCUT2D eigenvalue weighted by atomic mass is 16.5. The lowest BCUT2D eigenvalue weighted by molar-refractivity contribution is -0.148. The molecule has 1 aromatic heterocycles. The molecule has 1 aromatic rings. The predicted molar refractivity (Wildman–Crippen MR) is 70.2 cm³/mol. The van der Waals surface area contributed by atoms with E-state index in [1.165, 1.54) is 0 Å². The summed E-state index contributed by atoms with van der Waals surface area (Å²) in [5.41, 5.74) is 0. The summed E-state index contributed by atoms with van der Waals surface area (Å²) in [5, 5.41) is 0. The molecule has 0 N–H and O–H groups in total. The summed E-state index contributed by atoms with van der Waals surface area (Å²) in [6.07, 6.45) is 5.07. The molecular formula is C13H19N3O3. The van der Waals surface area contributed by atoms with Gasteiger partial charge in [0.05, 0.1) is 32.0 Å². The first kappa shape index (κ1) is 13.6. The maximum Gasteiger partial charge on any atom is 0.310 e. The first-order valence-electron chi connectivity index (χ1n) is 6.52. The van der Waals surface area contributed by atoms with Crippen LogP contribution in [0.15, 0.2) is 12.4 Å². The van der Waals surface area contributed by atoms with Gasteiger partial charge in [0.2, 0.25) is 5.88 Å². The van der Waals surface area contributed by atoms with Gasteiger partial charge in [0.15, 0.2) is 5.82 Å². The predicted octanol–water partition coefficient (Wildman–Crippen LogP) is 1.26. The standard InChI is InChI=1S/C13H19N3O3/c1-3-19-13(17)10-5-4-6-16(9-10)11-7-14-8-12(15-11)18-2/h7-8,10H,3-6,9H2,1-2H3. The molecule has 0 aromatic carbocycles. The summed E-state index contributed by atoms with van der Waals surface area (Å²) in [6.45, 7) is 3.75. The Kier molecular flexibility index (Phi) is 4.54. The summed E-state index contributed by atoms with van der Waals surface area (Å²) < 4.78 is 10.2. The Morgan fingerprint density at radius 3 is 3.11 bits per heavy atom. The van der Waals surface area contributed by atoms with Crippen LogP contribution in [0.4, 0.5) is 5.82 Å². The first-order chi connectivity index (χ1) is 9.24. The number of aromatic nitrogens is 2. The van der Waals surface area contributed by atoms with Gasteiger partial charge in [-0.2, -0.15) is 4.98 Å². The van der Waals surface area contributed by atoms with E-state index in [1.807, 2.05) is 6.92 Å². The van der Waals surface area contributed by atoms with Crippen LogP contribution in [0, 0.1) is 5.92 Å². The fraction of sp³-hybridized carbons (Fsp3) is 0.615. The first-order valence-corrected chi connectivity index (χ1v) is 6.52. The topological polar surface area (TPSA) is 64.5 Å². The van der Waals surface area contributed by atoms with Crippen LogP contribution in [0.3, 0.4) is 0 Å². The van der Waals surface area contributed by atoms with Crippen LogP contribution < -0.4 is 9.64 Å². The second-order valence-electron chi connectivity index (χ2n) is 4.46. The summed E-state index contributed by atoms with van der Waals surface area (Å²) in [6, 6.07) is 0. The fourth-order valence-corrected chi connectivity index (χ4v) is 2.23. The smallest absolute Gasteiger partial charge is 0.310 e. The van der Waals surface area contributed by atoms with Crippen LogP contribution in [0.25, 0.3) is 0 Å². The average molecular weight is 265 g/mol. The number of carbonyl (C=O) groups excluding carboxylic acids is 1. The molecule has 1 fully saturated rings. The van der Waals surface area contributed by atoms with Crippen molar-refractivity contribution in [3.8, 4) is 5.88 Å². The third-order valence-corrected chi connectivity index (χ3v) is 3.17. The van der Waals surface area contributed by atoms with E-state index in [1.54, 1.807) is 19.5 Å². The highest BCUT2D eigenvalue weighted by molar-refractivity contribution is 5.73. The van der Waals surface area contributed by atoms with Gasteiger partial charge in [0, 0.05) is 13.1 Å². The molecule has 2 heterocycles. The van der Waals surface area contributed by atoms with Crippen molar-refractivity contribution in [2.75, 3.05) is 31.7 Å². The van der Waals surface area contributed by atoms with Gasteiger partial charge in [0.25, 0.3) is 0 Å². The summed E-state index contributed by atoms with van der Waals surface area (Å²) >= 11 is 0. The summed E-state index contributed by atoms with van der Waals surface area (Å²) in [5.74, 6) is 1.02. The van der Waals surface area contributed by atoms with Crippen LogP contribution >= 0.6 is 0 Å². The third-order valence-electron chi connectivity index (χ3n) is 3.17. The Morgan fingerprint density at radius 2 is 2.37 bits per heavy atom. The van der Waals surface area contributed by atoms with E-state index in [2.05, 4.69) is 14.9 Å². The fourth-order valence-electron chi connectivity index (χ4n) is 2.23. The molecule has 0 radical (unpaired) electrons. The summed E-state index contributed by atoms with van der Waals surface area (Å²) in [4.78, 5) is 22.3. The summed E-state index contributed by atoms with van der Waals surface area (Å²) in [7, 11) is 1.56. The van der Waals surface area contributed by atoms with Crippen LogP contribution in [0.5, 0.6) is 5.88 Å². The molecule has 1 aliphatic heterocycles. The van der Waals surface area contributed by atoms with Gasteiger partial charge in [-0.05, 0) is 19.8 Å². The number of rotatable bonds is 4. The average Bonchev–Trinajstić information content (AvgIpc) is 2.48. The zero-order valence-electron chi connectivity index (χ0n) is 11.3. The van der Waals surface area contributed by atoms with Crippen LogP contribution in [0.1, 0.15) is 19.8 Å². The molecule has 1 atom stereocenters. The molecule has 0 aliphatic carbocycles. The lowest BCUT2D eigenvalue weighted by Crippen LogP contribution is -2.39. The van der Waals surface area contributed by atoms with Crippen molar-refractivity contribution in [3.63, 3.8) is 0 Å². The molecule has 0 amide bonds. The van der Waals surface area contributed by atoms with Crippen LogP contribution in [-0.4, -0.2) is 42.7 Å². The van der Waals surface area contributed by atoms with E-state index >= 15 is 0 Å². The molecule has 1 aliphatic rings. The molecule has 19 heavy (non-hydrogen) atoms. The van der Waals surface area contributed by atoms with Crippen molar-refractivity contribution in [1.82, 2.24) is 9.97 Å². The number of methoxy groups -OCH3 is 1. The number of esters is 1. The molecule has 2 rings (SSSR count). The lowest BCUT2D eigenvalue weighted by atomic mass is 9.98. The zero-order valence-corrected chi connectivity index (χ0v) is 11.3. The third kappa shape index (κ3) is 3.33. The Labute approximate surface area is 112 Å². The number of ether oxygens (including phenoxy) is 2. The van der Waals surface area contributed by atoms with Crippen LogP contribution in [-0.2, 0) is 9.53 Å². The second kappa shape index (κ2) is 6.36. The van der Waals surface area contributed by atoms with Crippen molar-refractivity contribution in [2.45, 2.75) is 19.8 Å². The second-order valence-corrected chi connectivity index (χ2v) is 4.46. The van der Waals surface area contributed by atoms with E-state index in [-0.39, 0.29) is 11.9 Å². The molecular weight excluding hydrogens is 246 g/mol. The Hall–Kier alpha value is -1.85. The van der Waals surface area contributed by atoms with Gasteiger partial charge in [-0.15, -0.1) is 0 Å². The monoisotopic (exact) mass is 265 g/mol. The zero-order chi connectivity index (χ0) is 13.7. The lowest BCUT2D eigenvalue weighted by Gasteiger charge is -2.32. The van der Waals surface area contributed by atoms with Crippen molar-refractivity contribution in [2.24, 2.45) is 5.92 Å². The number of hydrogen-bond donors (Lipinski definition) is 0. The number of hydrogen-bond acceptors (Lipinski definition) is 6. The van der Waals surface area contributed by atoms with E-state index in [9.17, 15) is 4.79 Å². The molecule has 1 saturated heterocycles. The van der Waals surface area contributed by atoms with Crippen molar-refractivity contribution >= 4 is 11.8 Å². The normalized spacial score (nSPS) is 19.1. The van der Waals surface area contributed by atoms with Gasteiger partial charge >= 0.3 is 5.97 Å². The molecule has 104 valence electrons. The van der Waals surface area contributed by atoms with Crippen molar-refractivity contribution in [3.05, 3.63) is 12.4 Å². The number of piperidine rings is 1. The number of nitrogens with zero attached hydrogens (tertiary/aromatic N) is 3. The number of carbonyl (C=O) groups is 1. The maximum atomic E-state index is 11.8. The number of anilines is 1. The van der Waals surface area contributed by atoms with E-state index in [0.29, 0.717) is 19.0 Å². The Balaban J connectivity index is 2.05. The van der Waals surface area contributed by atoms with Crippen LogP contribution in [0.2, 0.25) is 0 Å². The van der Waals surface area contributed by atoms with Gasteiger partial charge < -0.3 is 14.4 Å². The maximum absolute atomic E-state index is 11.8. The molecule has 0 saturated carbocycles. The van der Waals surface area contributed by atoms with Gasteiger partial charge in [-0.3, -0.25) is 9.78 Å². The quantitative estimate of drug-likeness (QED) is 0.764. The SMILES string of the molecule is CCOC(=O)C1CCCN(c2cncc(OC)n2)C1. The Morgan fingerprint density at radius 1 is 1.53 bits per heavy atom. The van der Waals surface area contributed by atoms with Crippen molar-refractivity contribution < 1.29 is 14.3 Å². The van der Waals surface area contributed by atoms with Gasteiger partial charge in [0.1, 0.15) is 0 Å². The van der Waals surface area contributed by atoms with Gasteiger partial charge in [-0.1, -0.05) is 0 Å².